The topological polar surface area (TPSA) is 65.8 Å². The minimum Gasteiger partial charge on any atom is -0.324 e. The highest BCUT2D eigenvalue weighted by Gasteiger charge is 2.07. The second kappa shape index (κ2) is 6.94. The highest BCUT2D eigenvalue weighted by atomic mass is 35.5. The van der Waals surface area contributed by atoms with Crippen LogP contribution in [-0.2, 0) is 4.79 Å². The molecule has 4 nitrogen and oxygen atoms in total. The Morgan fingerprint density at radius 1 is 1.35 bits per heavy atom. The predicted molar refractivity (Wildman–Crippen MR) is 79.8 cm³/mol. The minimum atomic E-state index is -0.186. The van der Waals surface area contributed by atoms with Crippen molar-refractivity contribution in [1.82, 2.24) is 4.98 Å². The molecule has 0 saturated heterocycles. The predicted octanol–water partition coefficient (Wildman–Crippen LogP) is 3.34. The van der Waals surface area contributed by atoms with E-state index in [9.17, 15) is 4.79 Å². The van der Waals surface area contributed by atoms with Gasteiger partial charge in [0.1, 0.15) is 6.07 Å². The van der Waals surface area contributed by atoms with Crippen molar-refractivity contribution in [2.75, 3.05) is 11.1 Å². The number of halogens is 1. The fraction of sp³-hybridized carbons (Fsp3) is 0.0714. The Balaban J connectivity index is 1.93. The SMILES string of the molecule is N#Cc1ccccc1NC(=O)CSc1ccc(Cl)cn1. The summed E-state index contributed by atoms with van der Waals surface area (Å²) < 4.78 is 0. The molecule has 1 N–H and O–H groups in total. The van der Waals surface area contributed by atoms with Crippen LogP contribution in [0, 0.1) is 11.3 Å². The van der Waals surface area contributed by atoms with E-state index in [1.54, 1.807) is 36.4 Å². The molecule has 1 heterocycles. The summed E-state index contributed by atoms with van der Waals surface area (Å²) in [6.45, 7) is 0. The number of hydrogen-bond donors (Lipinski definition) is 1. The molecule has 100 valence electrons. The Morgan fingerprint density at radius 3 is 2.85 bits per heavy atom. The lowest BCUT2D eigenvalue weighted by molar-refractivity contribution is -0.113. The number of nitrogens with one attached hydrogen (secondary N) is 1. The van der Waals surface area contributed by atoms with Gasteiger partial charge in [0.2, 0.25) is 5.91 Å². The number of hydrogen-bond acceptors (Lipinski definition) is 4. The van der Waals surface area contributed by atoms with Crippen molar-refractivity contribution in [1.29, 1.82) is 5.26 Å². The number of carbonyl (C=O) groups is 1. The molecule has 0 unspecified atom stereocenters. The van der Waals surface area contributed by atoms with E-state index in [2.05, 4.69) is 10.3 Å². The van der Waals surface area contributed by atoms with Gasteiger partial charge in [-0.25, -0.2) is 4.98 Å². The summed E-state index contributed by atoms with van der Waals surface area (Å²) in [4.78, 5) is 15.9. The number of thioether (sulfide) groups is 1. The van der Waals surface area contributed by atoms with Gasteiger partial charge in [0.05, 0.1) is 27.1 Å². The fourth-order valence-corrected chi connectivity index (χ4v) is 2.22. The molecule has 1 amide bonds. The van der Waals surface area contributed by atoms with Gasteiger partial charge < -0.3 is 5.32 Å². The van der Waals surface area contributed by atoms with Crippen molar-refractivity contribution < 1.29 is 4.79 Å². The Morgan fingerprint density at radius 2 is 2.15 bits per heavy atom. The third kappa shape index (κ3) is 3.98. The number of pyridine rings is 1. The summed E-state index contributed by atoms with van der Waals surface area (Å²) in [7, 11) is 0. The number of nitriles is 1. The van der Waals surface area contributed by atoms with Crippen molar-refractivity contribution in [3.63, 3.8) is 0 Å². The molecule has 0 radical (unpaired) electrons. The van der Waals surface area contributed by atoms with Crippen LogP contribution in [0.3, 0.4) is 0 Å². The number of anilines is 1. The Bertz CT molecular complexity index is 652. The molecule has 6 heteroatoms. The van der Waals surface area contributed by atoms with Crippen LogP contribution in [0.1, 0.15) is 5.56 Å². The lowest BCUT2D eigenvalue weighted by Crippen LogP contribution is -2.14. The van der Waals surface area contributed by atoms with Crippen molar-refractivity contribution in [2.24, 2.45) is 0 Å². The van der Waals surface area contributed by atoms with E-state index >= 15 is 0 Å². The van der Waals surface area contributed by atoms with E-state index in [0.29, 0.717) is 16.3 Å². The average Bonchev–Trinajstić information content (AvgIpc) is 2.47. The van der Waals surface area contributed by atoms with E-state index in [4.69, 9.17) is 16.9 Å². The molecule has 0 aliphatic heterocycles. The molecule has 0 aliphatic carbocycles. The van der Waals surface area contributed by atoms with Gasteiger partial charge in [0.25, 0.3) is 0 Å². The van der Waals surface area contributed by atoms with Gasteiger partial charge in [-0.1, -0.05) is 35.5 Å². The first-order valence-corrected chi connectivity index (χ1v) is 7.09. The first-order valence-electron chi connectivity index (χ1n) is 5.72. The van der Waals surface area contributed by atoms with Crippen molar-refractivity contribution in [2.45, 2.75) is 5.03 Å². The van der Waals surface area contributed by atoms with E-state index in [0.717, 1.165) is 5.03 Å². The number of nitrogens with zero attached hydrogens (tertiary/aromatic N) is 2. The van der Waals surface area contributed by atoms with E-state index in [-0.39, 0.29) is 11.7 Å². The first-order chi connectivity index (χ1) is 9.69. The second-order valence-corrected chi connectivity index (χ2v) is 5.24. The third-order valence-electron chi connectivity index (χ3n) is 2.37. The van der Waals surface area contributed by atoms with Gasteiger partial charge in [0, 0.05) is 6.20 Å². The van der Waals surface area contributed by atoms with Gasteiger partial charge in [-0.2, -0.15) is 5.26 Å². The first kappa shape index (κ1) is 14.4. The molecule has 0 atom stereocenters. The maximum Gasteiger partial charge on any atom is 0.234 e. The van der Waals surface area contributed by atoms with Crippen molar-refractivity contribution >= 4 is 35.0 Å². The highest BCUT2D eigenvalue weighted by molar-refractivity contribution is 7.99. The molecule has 2 rings (SSSR count). The molecule has 2 aromatic rings. The lowest BCUT2D eigenvalue weighted by atomic mass is 10.2. The fourth-order valence-electron chi connectivity index (χ4n) is 1.46. The van der Waals surface area contributed by atoms with Crippen LogP contribution in [0.2, 0.25) is 5.02 Å². The smallest absolute Gasteiger partial charge is 0.234 e. The summed E-state index contributed by atoms with van der Waals surface area (Å²) in [5.41, 5.74) is 0.958. The highest BCUT2D eigenvalue weighted by Crippen LogP contribution is 2.18. The average molecular weight is 304 g/mol. The number of para-hydroxylation sites is 1. The molecule has 0 fully saturated rings. The van der Waals surface area contributed by atoms with Crippen LogP contribution in [0.4, 0.5) is 5.69 Å². The largest absolute Gasteiger partial charge is 0.324 e. The van der Waals surface area contributed by atoms with E-state index in [1.165, 1.54) is 18.0 Å². The zero-order chi connectivity index (χ0) is 14.4. The number of amides is 1. The molecule has 20 heavy (non-hydrogen) atoms. The molecule has 0 spiro atoms. The van der Waals surface area contributed by atoms with Crippen LogP contribution in [0.15, 0.2) is 47.6 Å². The molecule has 0 bridgehead atoms. The summed E-state index contributed by atoms with van der Waals surface area (Å²) in [6.07, 6.45) is 1.53. The standard InChI is InChI=1S/C14H10ClN3OS/c15-11-5-6-14(17-8-11)20-9-13(19)18-12-4-2-1-3-10(12)7-16/h1-6,8H,9H2,(H,18,19). The van der Waals surface area contributed by atoms with Gasteiger partial charge in [-0.3, -0.25) is 4.79 Å². The number of carbonyl (C=O) groups excluding carboxylic acids is 1. The second-order valence-electron chi connectivity index (χ2n) is 3.81. The summed E-state index contributed by atoms with van der Waals surface area (Å²) in [5.74, 6) is 0.0310. The number of rotatable bonds is 4. The third-order valence-corrected chi connectivity index (χ3v) is 3.54. The molecule has 0 aliphatic rings. The van der Waals surface area contributed by atoms with Gasteiger partial charge in [0.15, 0.2) is 0 Å². The quantitative estimate of drug-likeness (QED) is 0.880. The van der Waals surface area contributed by atoms with Gasteiger partial charge in [-0.15, -0.1) is 0 Å². The number of benzene rings is 1. The Kier molecular flexibility index (Phi) is 4.99. The van der Waals surface area contributed by atoms with Crippen LogP contribution in [0.5, 0.6) is 0 Å². The zero-order valence-corrected chi connectivity index (χ0v) is 11.9. The lowest BCUT2D eigenvalue weighted by Gasteiger charge is -2.06. The van der Waals surface area contributed by atoms with Crippen LogP contribution >= 0.6 is 23.4 Å². The maximum absolute atomic E-state index is 11.8. The van der Waals surface area contributed by atoms with Crippen LogP contribution < -0.4 is 5.32 Å². The van der Waals surface area contributed by atoms with E-state index in [1.807, 2.05) is 6.07 Å². The minimum absolute atomic E-state index is 0.186. The summed E-state index contributed by atoms with van der Waals surface area (Å²) in [5, 5.41) is 12.9. The van der Waals surface area contributed by atoms with E-state index < -0.39 is 0 Å². The molecular formula is C14H10ClN3OS. The van der Waals surface area contributed by atoms with Crippen molar-refractivity contribution in [3.05, 3.63) is 53.2 Å². The molecular weight excluding hydrogens is 294 g/mol. The summed E-state index contributed by atoms with van der Waals surface area (Å²) in [6, 6.07) is 12.4. The molecule has 1 aromatic carbocycles. The zero-order valence-electron chi connectivity index (χ0n) is 10.3. The van der Waals surface area contributed by atoms with Gasteiger partial charge >= 0.3 is 0 Å². The van der Waals surface area contributed by atoms with Crippen LogP contribution in [-0.4, -0.2) is 16.6 Å². The van der Waals surface area contributed by atoms with Crippen molar-refractivity contribution in [3.8, 4) is 6.07 Å². The Labute approximate surface area is 125 Å². The monoisotopic (exact) mass is 303 g/mol. The normalized spacial score (nSPS) is 9.80. The number of aromatic nitrogens is 1. The molecule has 1 aromatic heterocycles. The molecule has 0 saturated carbocycles. The Hall–Kier alpha value is -2.03. The maximum atomic E-state index is 11.8. The summed E-state index contributed by atoms with van der Waals surface area (Å²) >= 11 is 7.04. The van der Waals surface area contributed by atoms with Crippen LogP contribution in [0.25, 0.3) is 0 Å². The van der Waals surface area contributed by atoms with Gasteiger partial charge in [-0.05, 0) is 24.3 Å².